The zero-order chi connectivity index (χ0) is 21.8. The molecule has 0 saturated carbocycles. The van der Waals surface area contributed by atoms with Gasteiger partial charge in [0.25, 0.3) is 5.91 Å². The monoisotopic (exact) mass is 440 g/mol. The number of halogens is 2. The Bertz CT molecular complexity index is 1090. The van der Waals surface area contributed by atoms with Gasteiger partial charge in [0.1, 0.15) is 0 Å². The van der Waals surface area contributed by atoms with E-state index in [4.69, 9.17) is 4.74 Å². The average Bonchev–Trinajstić information content (AvgIpc) is 2.77. The van der Waals surface area contributed by atoms with E-state index in [-0.39, 0.29) is 12.1 Å². The molecule has 0 unspecified atom stereocenters. The van der Waals surface area contributed by atoms with Gasteiger partial charge in [-0.05, 0) is 36.4 Å². The highest BCUT2D eigenvalue weighted by Crippen LogP contribution is 2.47. The quantitative estimate of drug-likeness (QED) is 0.538. The van der Waals surface area contributed by atoms with Crippen molar-refractivity contribution in [2.75, 3.05) is 23.4 Å². The normalized spacial score (nSPS) is 12.0. The van der Waals surface area contributed by atoms with E-state index in [0.717, 1.165) is 33.3 Å². The minimum Gasteiger partial charge on any atom is -0.456 e. The highest BCUT2D eigenvalue weighted by molar-refractivity contribution is 7.99. The summed E-state index contributed by atoms with van der Waals surface area (Å²) in [6.07, 6.45) is 0.0752. The number of fused-ring (bicyclic) bond motifs is 2. The van der Waals surface area contributed by atoms with E-state index in [9.17, 15) is 18.4 Å². The molecule has 1 aliphatic heterocycles. The zero-order valence-corrected chi connectivity index (χ0v) is 17.1. The van der Waals surface area contributed by atoms with E-state index in [1.807, 2.05) is 48.5 Å². The number of anilines is 3. The van der Waals surface area contributed by atoms with Gasteiger partial charge in [0.05, 0.1) is 17.8 Å². The van der Waals surface area contributed by atoms with E-state index in [0.29, 0.717) is 6.54 Å². The predicted molar refractivity (Wildman–Crippen MR) is 115 cm³/mol. The van der Waals surface area contributed by atoms with Crippen LogP contribution in [-0.4, -0.2) is 25.0 Å². The van der Waals surface area contributed by atoms with Crippen molar-refractivity contribution in [2.45, 2.75) is 16.2 Å². The van der Waals surface area contributed by atoms with Crippen LogP contribution in [-0.2, 0) is 14.3 Å². The molecule has 0 saturated heterocycles. The minimum atomic E-state index is -1.07. The van der Waals surface area contributed by atoms with Gasteiger partial charge in [-0.2, -0.15) is 0 Å². The van der Waals surface area contributed by atoms with Gasteiger partial charge in [-0.25, -0.2) is 8.78 Å². The highest BCUT2D eigenvalue weighted by atomic mass is 32.2. The highest BCUT2D eigenvalue weighted by Gasteiger charge is 2.23. The Morgan fingerprint density at radius 2 is 1.55 bits per heavy atom. The van der Waals surface area contributed by atoms with E-state index in [2.05, 4.69) is 10.2 Å². The molecule has 8 heteroatoms. The lowest BCUT2D eigenvalue weighted by Crippen LogP contribution is -2.26. The van der Waals surface area contributed by atoms with Crippen LogP contribution in [0.25, 0.3) is 0 Å². The number of carbonyl (C=O) groups excluding carboxylic acids is 2. The summed E-state index contributed by atoms with van der Waals surface area (Å²) >= 11 is 1.68. The summed E-state index contributed by atoms with van der Waals surface area (Å²) in [7, 11) is 0. The molecule has 0 radical (unpaired) electrons. The lowest BCUT2D eigenvalue weighted by molar-refractivity contribution is -0.147. The van der Waals surface area contributed by atoms with Crippen LogP contribution in [0.4, 0.5) is 25.8 Å². The maximum atomic E-state index is 13.2. The molecule has 3 aromatic rings. The molecule has 158 valence electrons. The van der Waals surface area contributed by atoms with Crippen LogP contribution in [0.15, 0.2) is 76.5 Å². The Morgan fingerprint density at radius 1 is 0.903 bits per heavy atom. The van der Waals surface area contributed by atoms with E-state index in [1.165, 1.54) is 6.07 Å². The molecule has 0 atom stereocenters. The maximum absolute atomic E-state index is 13.2. The molecule has 0 aliphatic carbocycles. The van der Waals surface area contributed by atoms with Crippen LogP contribution in [0.1, 0.15) is 6.42 Å². The van der Waals surface area contributed by atoms with E-state index < -0.39 is 30.1 Å². The van der Waals surface area contributed by atoms with Crippen molar-refractivity contribution >= 4 is 40.7 Å². The Morgan fingerprint density at radius 3 is 2.19 bits per heavy atom. The minimum absolute atomic E-state index is 0.0752. The van der Waals surface area contributed by atoms with Crippen molar-refractivity contribution < 1.29 is 23.1 Å². The number of amides is 1. The predicted octanol–water partition coefficient (Wildman–Crippen LogP) is 5.14. The number of para-hydroxylation sites is 2. The first-order valence-electron chi connectivity index (χ1n) is 9.55. The second-order valence-corrected chi connectivity index (χ2v) is 7.86. The molecular weight excluding hydrogens is 422 g/mol. The number of rotatable bonds is 6. The number of nitrogens with one attached hydrogen (secondary N) is 1. The number of ether oxygens (including phenoxy) is 1. The van der Waals surface area contributed by atoms with Crippen LogP contribution < -0.4 is 10.2 Å². The Labute approximate surface area is 182 Å². The summed E-state index contributed by atoms with van der Waals surface area (Å²) in [5.74, 6) is -3.25. The third-order valence-electron chi connectivity index (χ3n) is 4.64. The van der Waals surface area contributed by atoms with Gasteiger partial charge in [0.2, 0.25) is 0 Å². The molecule has 0 bridgehead atoms. The fourth-order valence-corrected chi connectivity index (χ4v) is 4.31. The van der Waals surface area contributed by atoms with Crippen LogP contribution in [0, 0.1) is 11.6 Å². The van der Waals surface area contributed by atoms with Crippen molar-refractivity contribution in [3.05, 3.63) is 78.4 Å². The van der Waals surface area contributed by atoms with Gasteiger partial charge in [-0.15, -0.1) is 0 Å². The lowest BCUT2D eigenvalue weighted by atomic mass is 10.2. The summed E-state index contributed by atoms with van der Waals surface area (Å²) in [5, 5.41) is 2.36. The molecule has 1 N–H and O–H groups in total. The number of benzene rings is 3. The SMILES string of the molecule is O=C(COC(=O)CCN1c2ccccc2Sc2ccccc21)Nc1ccc(F)c(F)c1. The topological polar surface area (TPSA) is 58.6 Å². The summed E-state index contributed by atoms with van der Waals surface area (Å²) in [4.78, 5) is 28.4. The van der Waals surface area contributed by atoms with Crippen molar-refractivity contribution in [2.24, 2.45) is 0 Å². The first kappa shape index (κ1) is 20.9. The third-order valence-corrected chi connectivity index (χ3v) is 5.77. The van der Waals surface area contributed by atoms with Gasteiger partial charge in [0, 0.05) is 28.1 Å². The molecule has 1 amide bonds. The van der Waals surface area contributed by atoms with Crippen molar-refractivity contribution in [3.63, 3.8) is 0 Å². The molecule has 1 heterocycles. The molecule has 1 aliphatic rings. The summed E-state index contributed by atoms with van der Waals surface area (Å²) in [6, 6.07) is 18.9. The van der Waals surface area contributed by atoms with Gasteiger partial charge < -0.3 is 15.0 Å². The van der Waals surface area contributed by atoms with Gasteiger partial charge in [-0.1, -0.05) is 36.0 Å². The van der Waals surface area contributed by atoms with Gasteiger partial charge in [0.15, 0.2) is 18.2 Å². The van der Waals surface area contributed by atoms with Crippen LogP contribution in [0.2, 0.25) is 0 Å². The van der Waals surface area contributed by atoms with Crippen molar-refractivity contribution in [1.82, 2.24) is 0 Å². The van der Waals surface area contributed by atoms with Crippen molar-refractivity contribution in [3.8, 4) is 0 Å². The number of esters is 1. The fraction of sp³-hybridized carbons (Fsp3) is 0.130. The maximum Gasteiger partial charge on any atom is 0.308 e. The molecule has 5 nitrogen and oxygen atoms in total. The fourth-order valence-electron chi connectivity index (χ4n) is 3.21. The zero-order valence-electron chi connectivity index (χ0n) is 16.3. The summed E-state index contributed by atoms with van der Waals surface area (Å²) < 4.78 is 31.2. The number of hydrogen-bond donors (Lipinski definition) is 1. The Kier molecular flexibility index (Phi) is 6.18. The molecular formula is C23H18F2N2O3S. The summed E-state index contributed by atoms with van der Waals surface area (Å²) in [5.41, 5.74) is 2.10. The first-order valence-corrected chi connectivity index (χ1v) is 10.4. The van der Waals surface area contributed by atoms with Gasteiger partial charge in [-0.3, -0.25) is 9.59 Å². The largest absolute Gasteiger partial charge is 0.456 e. The van der Waals surface area contributed by atoms with Crippen LogP contribution in [0.5, 0.6) is 0 Å². The van der Waals surface area contributed by atoms with E-state index >= 15 is 0 Å². The third kappa shape index (κ3) is 4.86. The summed E-state index contributed by atoms with van der Waals surface area (Å²) in [6.45, 7) is -0.126. The van der Waals surface area contributed by atoms with Crippen molar-refractivity contribution in [1.29, 1.82) is 0 Å². The number of hydrogen-bond acceptors (Lipinski definition) is 5. The Hall–Kier alpha value is -3.39. The number of nitrogens with zero attached hydrogens (tertiary/aromatic N) is 1. The second-order valence-electron chi connectivity index (χ2n) is 6.78. The van der Waals surface area contributed by atoms with Gasteiger partial charge >= 0.3 is 5.97 Å². The number of carbonyl (C=O) groups is 2. The lowest BCUT2D eigenvalue weighted by Gasteiger charge is -2.32. The molecule has 3 aromatic carbocycles. The second kappa shape index (κ2) is 9.18. The molecule has 4 rings (SSSR count). The smallest absolute Gasteiger partial charge is 0.308 e. The Balaban J connectivity index is 1.34. The average molecular weight is 440 g/mol. The molecule has 0 aromatic heterocycles. The van der Waals surface area contributed by atoms with Crippen LogP contribution in [0.3, 0.4) is 0 Å². The first-order chi connectivity index (χ1) is 15.0. The van der Waals surface area contributed by atoms with Crippen LogP contribution >= 0.6 is 11.8 Å². The molecule has 0 fully saturated rings. The molecule has 31 heavy (non-hydrogen) atoms. The molecule has 0 spiro atoms. The van der Waals surface area contributed by atoms with E-state index in [1.54, 1.807) is 11.8 Å². The standard InChI is InChI=1S/C23H18F2N2O3S/c24-16-10-9-15(13-17(16)25)26-22(28)14-30-23(29)11-12-27-18-5-1-3-7-20(18)31-21-8-4-2-6-19(21)27/h1-10,13H,11-12,14H2,(H,26,28).